The summed E-state index contributed by atoms with van der Waals surface area (Å²) in [4.78, 5) is 15.5. The van der Waals surface area contributed by atoms with Crippen LogP contribution in [-0.4, -0.2) is 46.5 Å². The molecule has 8 heteroatoms. The van der Waals surface area contributed by atoms with Gasteiger partial charge in [0, 0.05) is 35.1 Å². The molecule has 0 aliphatic carbocycles. The first-order valence-corrected chi connectivity index (χ1v) is 10.4. The Kier molecular flexibility index (Phi) is 5.48. The Hall–Kier alpha value is -2.19. The molecule has 1 fully saturated rings. The summed E-state index contributed by atoms with van der Waals surface area (Å²) < 4.78 is 5.98. The molecule has 1 saturated heterocycles. The van der Waals surface area contributed by atoms with Crippen LogP contribution in [0.5, 0.6) is 11.5 Å². The number of hydrogen-bond acceptors (Lipinski definition) is 7. The van der Waals surface area contributed by atoms with E-state index >= 15 is 0 Å². The van der Waals surface area contributed by atoms with Crippen LogP contribution < -0.4 is 5.43 Å². The third kappa shape index (κ3) is 3.83. The normalized spacial score (nSPS) is 20.2. The van der Waals surface area contributed by atoms with Crippen molar-refractivity contribution in [3.63, 3.8) is 0 Å². The summed E-state index contributed by atoms with van der Waals surface area (Å²) in [6.45, 7) is 1.16. The fraction of sp³-hybridized carbons (Fsp3) is 0.286. The first-order chi connectivity index (χ1) is 13.8. The number of nitrogens with zero attached hydrogens (tertiary/aromatic N) is 1. The first-order valence-electron chi connectivity index (χ1n) is 9.17. The maximum Gasteiger partial charge on any atom is 0.197 e. The average molecular weight is 434 g/mol. The monoisotopic (exact) mass is 433 g/mol. The lowest BCUT2D eigenvalue weighted by atomic mass is 9.85. The zero-order valence-corrected chi connectivity index (χ0v) is 17.2. The van der Waals surface area contributed by atoms with E-state index in [0.717, 1.165) is 12.6 Å². The highest BCUT2D eigenvalue weighted by molar-refractivity contribution is 7.99. The van der Waals surface area contributed by atoms with Crippen molar-refractivity contribution < 1.29 is 19.7 Å². The van der Waals surface area contributed by atoms with E-state index in [0.29, 0.717) is 28.4 Å². The number of fused-ring (bicyclic) bond motifs is 1. The van der Waals surface area contributed by atoms with Gasteiger partial charge >= 0.3 is 0 Å². The van der Waals surface area contributed by atoms with E-state index < -0.39 is 17.5 Å². The van der Waals surface area contributed by atoms with Gasteiger partial charge in [-0.3, -0.25) is 4.79 Å². The number of benzene rings is 2. The Labute approximate surface area is 176 Å². The van der Waals surface area contributed by atoms with Gasteiger partial charge in [-0.05, 0) is 32.1 Å². The number of aliphatic hydroxyl groups excluding tert-OH is 1. The van der Waals surface area contributed by atoms with Gasteiger partial charge in [-0.1, -0.05) is 35.5 Å². The summed E-state index contributed by atoms with van der Waals surface area (Å²) in [5, 5.41) is 32.2. The van der Waals surface area contributed by atoms with E-state index in [9.17, 15) is 20.1 Å². The predicted octanol–water partition coefficient (Wildman–Crippen LogP) is 3.79. The number of likely N-dealkylation sites (N-methyl/N-ethyl adjacent to an activating group) is 1. The van der Waals surface area contributed by atoms with Gasteiger partial charge in [0.05, 0.1) is 11.1 Å². The zero-order valence-electron chi connectivity index (χ0n) is 15.6. The number of aliphatic hydroxyl groups is 1. The highest BCUT2D eigenvalue weighted by Gasteiger charge is 2.33. The van der Waals surface area contributed by atoms with Crippen molar-refractivity contribution >= 4 is 34.3 Å². The lowest BCUT2D eigenvalue weighted by Gasteiger charge is -2.34. The van der Waals surface area contributed by atoms with Crippen molar-refractivity contribution in [2.75, 3.05) is 20.1 Å². The predicted molar refractivity (Wildman–Crippen MR) is 112 cm³/mol. The molecule has 0 radical (unpaired) electrons. The van der Waals surface area contributed by atoms with Crippen LogP contribution in [-0.2, 0) is 0 Å². The van der Waals surface area contributed by atoms with Crippen molar-refractivity contribution in [1.82, 2.24) is 4.90 Å². The zero-order chi connectivity index (χ0) is 20.7. The second-order valence-electron chi connectivity index (χ2n) is 7.22. The number of phenolic OH excluding ortho intramolecular Hbond substituents is 2. The van der Waals surface area contributed by atoms with E-state index in [1.807, 2.05) is 18.0 Å². The highest BCUT2D eigenvalue weighted by Crippen LogP contribution is 2.43. The summed E-state index contributed by atoms with van der Waals surface area (Å²) >= 11 is 7.39. The largest absolute Gasteiger partial charge is 0.507 e. The molecule has 0 bridgehead atoms. The molecule has 2 heterocycles. The molecule has 2 atom stereocenters. The molecule has 152 valence electrons. The summed E-state index contributed by atoms with van der Waals surface area (Å²) in [6, 6.07) is 9.60. The maximum absolute atomic E-state index is 12.8. The second kappa shape index (κ2) is 7.91. The number of halogens is 1. The number of likely N-dealkylation sites (tertiary alicyclic amines) is 1. The number of phenols is 2. The fourth-order valence-corrected chi connectivity index (χ4v) is 4.84. The van der Waals surface area contributed by atoms with Gasteiger partial charge in [0.2, 0.25) is 0 Å². The fourth-order valence-electron chi connectivity index (χ4n) is 3.77. The van der Waals surface area contributed by atoms with E-state index in [-0.39, 0.29) is 27.6 Å². The molecule has 1 aliphatic rings. The standard InChI is InChI=1S/C21H20ClNO5S/c1-23-7-6-11(16(27)10-23)19-13(24)8-14(25)20-15(26)9-18(28-21(19)20)29-17-5-3-2-4-12(17)22/h2-5,8-9,11,16,24-25,27H,6-7,10H2,1H3/t11-,16+/m1/s1. The van der Waals surface area contributed by atoms with Crippen LogP contribution in [0.15, 0.2) is 55.6 Å². The van der Waals surface area contributed by atoms with Crippen molar-refractivity contribution in [2.45, 2.75) is 28.4 Å². The molecule has 1 aromatic heterocycles. The Morgan fingerprint density at radius 1 is 1.21 bits per heavy atom. The van der Waals surface area contributed by atoms with Gasteiger partial charge in [-0.15, -0.1) is 0 Å². The molecule has 29 heavy (non-hydrogen) atoms. The van der Waals surface area contributed by atoms with Gasteiger partial charge < -0.3 is 24.6 Å². The molecule has 0 unspecified atom stereocenters. The van der Waals surface area contributed by atoms with E-state index in [2.05, 4.69) is 0 Å². The molecule has 6 nitrogen and oxygen atoms in total. The molecule has 0 amide bonds. The average Bonchev–Trinajstić information content (AvgIpc) is 2.64. The van der Waals surface area contributed by atoms with Gasteiger partial charge in [0.15, 0.2) is 10.5 Å². The number of β-amino-alcohol motifs (C(OH)–C–C–N with tert-alkyl or cyclic N) is 1. The topological polar surface area (TPSA) is 94.1 Å². The summed E-state index contributed by atoms with van der Waals surface area (Å²) in [6.07, 6.45) is -0.158. The van der Waals surface area contributed by atoms with Crippen LogP contribution in [0.1, 0.15) is 17.9 Å². The van der Waals surface area contributed by atoms with Gasteiger partial charge in [-0.2, -0.15) is 0 Å². The minimum absolute atomic E-state index is 0.00700. The Balaban J connectivity index is 1.88. The van der Waals surface area contributed by atoms with Crippen LogP contribution >= 0.6 is 23.4 Å². The van der Waals surface area contributed by atoms with Gasteiger partial charge in [0.1, 0.15) is 22.5 Å². The summed E-state index contributed by atoms with van der Waals surface area (Å²) in [7, 11) is 1.91. The number of rotatable bonds is 3. The van der Waals surface area contributed by atoms with Crippen molar-refractivity contribution in [1.29, 1.82) is 0 Å². The van der Waals surface area contributed by atoms with Crippen LogP contribution in [0, 0.1) is 0 Å². The molecule has 1 aliphatic heterocycles. The minimum Gasteiger partial charge on any atom is -0.507 e. The Morgan fingerprint density at radius 2 is 1.97 bits per heavy atom. The SMILES string of the molecule is CN1CC[C@@H](c2c(O)cc(O)c3c(=O)cc(Sc4ccccc4Cl)oc23)[C@@H](O)C1. The van der Waals surface area contributed by atoms with Crippen molar-refractivity contribution in [3.8, 4) is 11.5 Å². The minimum atomic E-state index is -0.738. The van der Waals surface area contributed by atoms with Crippen LogP contribution in [0.2, 0.25) is 5.02 Å². The summed E-state index contributed by atoms with van der Waals surface area (Å²) in [5.41, 5.74) is 0.0113. The second-order valence-corrected chi connectivity index (χ2v) is 8.67. The molecule has 4 rings (SSSR count). The van der Waals surface area contributed by atoms with E-state index in [1.165, 1.54) is 17.8 Å². The third-order valence-electron chi connectivity index (χ3n) is 5.18. The van der Waals surface area contributed by atoms with Crippen molar-refractivity contribution in [2.24, 2.45) is 0 Å². The smallest absolute Gasteiger partial charge is 0.197 e. The quantitative estimate of drug-likeness (QED) is 0.578. The molecule has 3 N–H and O–H groups in total. The molecule has 0 saturated carbocycles. The maximum atomic E-state index is 12.8. The molecular formula is C21H20ClNO5S. The molecule has 3 aromatic rings. The Bertz CT molecular complexity index is 1130. The number of aromatic hydroxyl groups is 2. The van der Waals surface area contributed by atoms with E-state index in [1.54, 1.807) is 18.2 Å². The lowest BCUT2D eigenvalue weighted by molar-refractivity contribution is 0.0630. The van der Waals surface area contributed by atoms with Crippen molar-refractivity contribution in [3.05, 3.63) is 57.2 Å². The van der Waals surface area contributed by atoms with E-state index in [4.69, 9.17) is 16.0 Å². The first kappa shape index (κ1) is 20.1. The number of hydrogen-bond donors (Lipinski definition) is 3. The Morgan fingerprint density at radius 3 is 2.69 bits per heavy atom. The lowest BCUT2D eigenvalue weighted by Crippen LogP contribution is -2.40. The van der Waals surface area contributed by atoms with Crippen LogP contribution in [0.4, 0.5) is 0 Å². The molecule has 0 spiro atoms. The summed E-state index contributed by atoms with van der Waals surface area (Å²) in [5.74, 6) is -0.976. The highest BCUT2D eigenvalue weighted by atomic mass is 35.5. The van der Waals surface area contributed by atoms with Crippen LogP contribution in [0.25, 0.3) is 11.0 Å². The molecule has 2 aromatic carbocycles. The third-order valence-corrected chi connectivity index (χ3v) is 6.60. The van der Waals surface area contributed by atoms with Gasteiger partial charge in [0.25, 0.3) is 0 Å². The van der Waals surface area contributed by atoms with Crippen LogP contribution in [0.3, 0.4) is 0 Å². The number of piperidine rings is 1. The molecular weight excluding hydrogens is 414 g/mol. The van der Waals surface area contributed by atoms with Gasteiger partial charge in [-0.25, -0.2) is 0 Å².